The van der Waals surface area contributed by atoms with Crippen molar-refractivity contribution in [3.05, 3.63) is 57.6 Å². The zero-order valence-electron chi connectivity index (χ0n) is 19.5. The summed E-state index contributed by atoms with van der Waals surface area (Å²) in [6, 6.07) is 8.32. The van der Waals surface area contributed by atoms with E-state index >= 15 is 0 Å². The number of aromatic hydroxyl groups is 1. The molecule has 0 aliphatic carbocycles. The molecular weight excluding hydrogens is 478 g/mol. The highest BCUT2D eigenvalue weighted by Gasteiger charge is 2.32. The van der Waals surface area contributed by atoms with Crippen LogP contribution < -0.4 is 10.1 Å². The predicted octanol–water partition coefficient (Wildman–Crippen LogP) is 2.40. The smallest absolute Gasteiger partial charge is 0.285 e. The first-order valence-electron chi connectivity index (χ1n) is 10.4. The van der Waals surface area contributed by atoms with E-state index in [4.69, 9.17) is 4.74 Å². The highest BCUT2D eigenvalue weighted by Crippen LogP contribution is 2.34. The van der Waals surface area contributed by atoms with Crippen LogP contribution in [-0.2, 0) is 14.8 Å². The van der Waals surface area contributed by atoms with Crippen molar-refractivity contribution >= 4 is 33.7 Å². The minimum atomic E-state index is -3.97. The number of carbonyl (C=O) groups is 1. The van der Waals surface area contributed by atoms with Crippen LogP contribution in [0.4, 0.5) is 5.69 Å². The largest absolute Gasteiger partial charge is 0.504 e. The van der Waals surface area contributed by atoms with E-state index < -0.39 is 26.2 Å². The number of hydrogen-bond acceptors (Lipinski definition) is 9. The molecule has 2 N–H and O–H groups in total. The van der Waals surface area contributed by atoms with Crippen LogP contribution in [0.2, 0.25) is 0 Å². The van der Waals surface area contributed by atoms with Crippen LogP contribution in [-0.4, -0.2) is 60.6 Å². The third-order valence-electron chi connectivity index (χ3n) is 4.78. The third-order valence-corrected chi connectivity index (χ3v) is 6.10. The van der Waals surface area contributed by atoms with Crippen LogP contribution in [0.15, 0.2) is 50.8 Å². The van der Waals surface area contributed by atoms with Gasteiger partial charge in [-0.25, -0.2) is 5.01 Å². The Labute approximate surface area is 202 Å². The fourth-order valence-electron chi connectivity index (χ4n) is 3.29. The zero-order chi connectivity index (χ0) is 26.0. The molecule has 1 aliphatic rings. The summed E-state index contributed by atoms with van der Waals surface area (Å²) in [5.41, 5.74) is -0.572. The van der Waals surface area contributed by atoms with Crippen LogP contribution >= 0.6 is 0 Å². The first kappa shape index (κ1) is 25.6. The fraction of sp³-hybridized carbons (Fsp3) is 0.318. The number of nitro benzene ring substituents is 1. The summed E-state index contributed by atoms with van der Waals surface area (Å²) in [5.74, 6) is -0.846. The summed E-state index contributed by atoms with van der Waals surface area (Å²) in [6.45, 7) is 5.41. The number of hydrogen-bond donors (Lipinski definition) is 2. The maximum absolute atomic E-state index is 12.5. The van der Waals surface area contributed by atoms with Crippen LogP contribution in [0.3, 0.4) is 0 Å². The normalized spacial score (nSPS) is 14.3. The zero-order valence-corrected chi connectivity index (χ0v) is 20.4. The van der Waals surface area contributed by atoms with Crippen molar-refractivity contribution in [3.8, 4) is 11.5 Å². The summed E-state index contributed by atoms with van der Waals surface area (Å²) in [5, 5.41) is 29.9. The van der Waals surface area contributed by atoms with Gasteiger partial charge in [-0.1, -0.05) is 12.1 Å². The first-order chi connectivity index (χ1) is 16.3. The van der Waals surface area contributed by atoms with E-state index in [0.717, 1.165) is 18.3 Å². The molecule has 1 heterocycles. The molecule has 3 rings (SSSR count). The van der Waals surface area contributed by atoms with Gasteiger partial charge in [-0.2, -0.15) is 13.5 Å². The summed E-state index contributed by atoms with van der Waals surface area (Å²) in [4.78, 5) is 23.0. The van der Waals surface area contributed by atoms with E-state index in [1.165, 1.54) is 18.2 Å². The molecule has 0 saturated heterocycles. The van der Waals surface area contributed by atoms with Crippen molar-refractivity contribution < 1.29 is 28.0 Å². The molecule has 0 spiro atoms. The van der Waals surface area contributed by atoms with Gasteiger partial charge in [0.25, 0.3) is 15.7 Å². The number of nitro groups is 1. The van der Waals surface area contributed by atoms with E-state index in [1.807, 2.05) is 20.8 Å². The van der Waals surface area contributed by atoms with Gasteiger partial charge in [-0.15, -0.1) is 4.40 Å². The van der Waals surface area contributed by atoms with Crippen molar-refractivity contribution in [2.24, 2.45) is 9.50 Å². The Bertz CT molecular complexity index is 1330. The molecule has 13 heteroatoms. The maximum Gasteiger partial charge on any atom is 0.285 e. The summed E-state index contributed by atoms with van der Waals surface area (Å²) in [6.07, 6.45) is 1.06. The molecule has 0 aromatic heterocycles. The average molecular weight is 504 g/mol. The van der Waals surface area contributed by atoms with Crippen molar-refractivity contribution in [1.82, 2.24) is 10.3 Å². The monoisotopic (exact) mass is 503 g/mol. The van der Waals surface area contributed by atoms with Crippen LogP contribution in [0.1, 0.15) is 38.3 Å². The molecule has 0 radical (unpaired) electrons. The van der Waals surface area contributed by atoms with Gasteiger partial charge in [0.15, 0.2) is 17.3 Å². The molecule has 1 aliphatic heterocycles. The van der Waals surface area contributed by atoms with Gasteiger partial charge in [0.2, 0.25) is 5.91 Å². The maximum atomic E-state index is 12.5. The number of phenols is 1. The molecule has 2 aromatic rings. The van der Waals surface area contributed by atoms with Gasteiger partial charge in [0.1, 0.15) is 4.90 Å². The number of fused-ring (bicyclic) bond motifs is 1. The standard InChI is InChI=1S/C22H25N5O7S/c1-22(2,3)24-19(28)9-10-26(21-16-7-5-6-8-18(16)35(32,33)25-21)23-13-14-11-15(27(30)31)12-17(34-4)20(14)29/h5-8,11-13,29H,9-10H2,1-4H3,(H,24,28)/b23-13+. The Morgan fingerprint density at radius 1 is 1.31 bits per heavy atom. The number of non-ortho nitro benzene ring substituents is 1. The Kier molecular flexibility index (Phi) is 7.10. The highest BCUT2D eigenvalue weighted by atomic mass is 32.2. The van der Waals surface area contributed by atoms with E-state index in [-0.39, 0.29) is 46.6 Å². The third kappa shape index (κ3) is 5.93. The Hall–Kier alpha value is -4.00. The minimum Gasteiger partial charge on any atom is -0.504 e. The number of phenolic OH excluding ortho intramolecular Hbond substituents is 1. The molecule has 12 nitrogen and oxygen atoms in total. The molecule has 0 unspecified atom stereocenters. The van der Waals surface area contributed by atoms with Crippen LogP contribution in [0.5, 0.6) is 11.5 Å². The van der Waals surface area contributed by atoms with Gasteiger partial charge in [-0.3, -0.25) is 14.9 Å². The number of hydrazone groups is 1. The lowest BCUT2D eigenvalue weighted by Crippen LogP contribution is -2.42. The highest BCUT2D eigenvalue weighted by molar-refractivity contribution is 7.90. The second-order valence-corrected chi connectivity index (χ2v) is 10.2. The molecule has 0 fully saturated rings. The SMILES string of the molecule is COc1cc([N+](=O)[O-])cc(/C=N/N(CCC(=O)NC(C)(C)C)C2=NS(=O)(=O)c3ccccc32)c1O. The molecule has 0 bridgehead atoms. The second-order valence-electron chi connectivity index (χ2n) is 8.64. The number of nitrogens with zero attached hydrogens (tertiary/aromatic N) is 4. The van der Waals surface area contributed by atoms with Gasteiger partial charge >= 0.3 is 0 Å². The Morgan fingerprint density at radius 3 is 2.63 bits per heavy atom. The van der Waals surface area contributed by atoms with Gasteiger partial charge in [0, 0.05) is 29.2 Å². The fourth-order valence-corrected chi connectivity index (χ4v) is 4.49. The van der Waals surface area contributed by atoms with E-state index in [1.54, 1.807) is 18.2 Å². The number of carbonyl (C=O) groups excluding carboxylic acids is 1. The Balaban J connectivity index is 2.02. The number of benzene rings is 2. The molecule has 2 aromatic carbocycles. The lowest BCUT2D eigenvalue weighted by Gasteiger charge is -2.22. The van der Waals surface area contributed by atoms with Gasteiger partial charge < -0.3 is 15.2 Å². The number of sulfonamides is 1. The average Bonchev–Trinajstić information content (AvgIpc) is 3.04. The second kappa shape index (κ2) is 9.70. The number of ether oxygens (including phenoxy) is 1. The van der Waals surface area contributed by atoms with Crippen molar-refractivity contribution in [2.75, 3.05) is 13.7 Å². The Morgan fingerprint density at radius 2 is 2.00 bits per heavy atom. The van der Waals surface area contributed by atoms with Gasteiger partial charge in [0.05, 0.1) is 30.9 Å². The number of methoxy groups -OCH3 is 1. The molecule has 35 heavy (non-hydrogen) atoms. The van der Waals surface area contributed by atoms with E-state index in [9.17, 15) is 28.4 Å². The van der Waals surface area contributed by atoms with Crippen molar-refractivity contribution in [2.45, 2.75) is 37.6 Å². The number of amidine groups is 1. The van der Waals surface area contributed by atoms with Crippen molar-refractivity contribution in [1.29, 1.82) is 0 Å². The minimum absolute atomic E-state index is 0.00536. The molecule has 1 amide bonds. The summed E-state index contributed by atoms with van der Waals surface area (Å²) >= 11 is 0. The summed E-state index contributed by atoms with van der Waals surface area (Å²) in [7, 11) is -2.73. The lowest BCUT2D eigenvalue weighted by molar-refractivity contribution is -0.385. The predicted molar refractivity (Wildman–Crippen MR) is 128 cm³/mol. The summed E-state index contributed by atoms with van der Waals surface area (Å²) < 4.78 is 33.9. The quantitative estimate of drug-likeness (QED) is 0.330. The first-order valence-corrected chi connectivity index (χ1v) is 11.9. The van der Waals surface area contributed by atoms with E-state index in [2.05, 4.69) is 14.8 Å². The molecular formula is C22H25N5O7S. The molecule has 0 saturated carbocycles. The van der Waals surface area contributed by atoms with Gasteiger partial charge in [-0.05, 0) is 32.9 Å². The molecule has 0 atom stereocenters. The van der Waals surface area contributed by atoms with Crippen LogP contribution in [0, 0.1) is 10.1 Å². The molecule has 186 valence electrons. The van der Waals surface area contributed by atoms with Crippen molar-refractivity contribution in [3.63, 3.8) is 0 Å². The number of rotatable bonds is 7. The topological polar surface area (TPSA) is 164 Å². The van der Waals surface area contributed by atoms with Crippen LogP contribution in [0.25, 0.3) is 0 Å². The number of amides is 1. The number of nitrogens with one attached hydrogen (secondary N) is 1. The lowest BCUT2D eigenvalue weighted by atomic mass is 10.1. The van der Waals surface area contributed by atoms with E-state index in [0.29, 0.717) is 5.56 Å².